The second kappa shape index (κ2) is 6.87. The van der Waals surface area contributed by atoms with E-state index >= 15 is 0 Å². The highest BCUT2D eigenvalue weighted by atomic mass is 32.1. The zero-order valence-electron chi connectivity index (χ0n) is 14.9. The first kappa shape index (κ1) is 16.6. The minimum atomic E-state index is 0.130. The average molecular weight is 380 g/mol. The minimum Gasteiger partial charge on any atom is -0.454 e. The molecule has 5 rings (SSSR count). The third-order valence-electron chi connectivity index (χ3n) is 5.20. The fraction of sp³-hybridized carbons (Fsp3) is 0.286. The maximum Gasteiger partial charge on any atom is 0.253 e. The lowest BCUT2D eigenvalue weighted by atomic mass is 10.1. The number of piperazine rings is 1. The van der Waals surface area contributed by atoms with Gasteiger partial charge in [-0.25, -0.2) is 0 Å². The van der Waals surface area contributed by atoms with Crippen LogP contribution in [0.15, 0.2) is 47.8 Å². The van der Waals surface area contributed by atoms with Gasteiger partial charge in [0, 0.05) is 43.0 Å². The summed E-state index contributed by atoms with van der Waals surface area (Å²) in [6, 6.07) is 14.2. The number of hydrogen-bond acceptors (Lipinski definition) is 5. The predicted octanol–water partition coefficient (Wildman–Crippen LogP) is 3.59. The summed E-state index contributed by atoms with van der Waals surface area (Å²) >= 11 is 1.70. The largest absolute Gasteiger partial charge is 0.454 e. The number of hydrogen-bond donors (Lipinski definition) is 0. The molecular formula is C21H20N2O3S. The average Bonchev–Trinajstić information content (AvgIpc) is 3.36. The highest BCUT2D eigenvalue weighted by Gasteiger charge is 2.23. The van der Waals surface area contributed by atoms with Gasteiger partial charge in [-0.3, -0.25) is 9.69 Å². The molecule has 0 N–H and O–H groups in total. The smallest absolute Gasteiger partial charge is 0.253 e. The fourth-order valence-electron chi connectivity index (χ4n) is 3.69. The van der Waals surface area contributed by atoms with Gasteiger partial charge in [0.1, 0.15) is 0 Å². The van der Waals surface area contributed by atoms with Crippen molar-refractivity contribution >= 4 is 27.3 Å². The molecule has 5 nitrogen and oxygen atoms in total. The maximum absolute atomic E-state index is 12.8. The Kier molecular flexibility index (Phi) is 4.22. The highest BCUT2D eigenvalue weighted by Crippen LogP contribution is 2.33. The summed E-state index contributed by atoms with van der Waals surface area (Å²) in [7, 11) is 0. The second-order valence-electron chi connectivity index (χ2n) is 6.93. The van der Waals surface area contributed by atoms with E-state index in [9.17, 15) is 4.79 Å². The highest BCUT2D eigenvalue weighted by molar-refractivity contribution is 7.17. The van der Waals surface area contributed by atoms with Crippen LogP contribution in [-0.4, -0.2) is 48.7 Å². The Hall–Kier alpha value is -2.57. The van der Waals surface area contributed by atoms with Gasteiger partial charge in [-0.1, -0.05) is 6.07 Å². The minimum absolute atomic E-state index is 0.130. The van der Waals surface area contributed by atoms with Gasteiger partial charge in [-0.15, -0.1) is 11.3 Å². The zero-order valence-corrected chi connectivity index (χ0v) is 15.7. The lowest BCUT2D eigenvalue weighted by molar-refractivity contribution is 0.0628. The van der Waals surface area contributed by atoms with Crippen LogP contribution in [0.25, 0.3) is 10.1 Å². The van der Waals surface area contributed by atoms with Gasteiger partial charge < -0.3 is 14.4 Å². The molecule has 0 bridgehead atoms. The summed E-state index contributed by atoms with van der Waals surface area (Å²) in [5.74, 6) is 1.77. The molecule has 3 aromatic rings. The van der Waals surface area contributed by atoms with Crippen LogP contribution in [0.4, 0.5) is 0 Å². The molecule has 1 aromatic heterocycles. The molecule has 6 heteroatoms. The molecule has 0 spiro atoms. The van der Waals surface area contributed by atoms with Crippen LogP contribution in [0.1, 0.15) is 15.9 Å². The first-order valence-corrected chi connectivity index (χ1v) is 10.0. The summed E-state index contributed by atoms with van der Waals surface area (Å²) in [4.78, 5) is 17.2. The van der Waals surface area contributed by atoms with Crippen molar-refractivity contribution in [1.29, 1.82) is 0 Å². The van der Waals surface area contributed by atoms with E-state index in [1.54, 1.807) is 11.3 Å². The van der Waals surface area contributed by atoms with E-state index in [1.807, 2.05) is 29.2 Å². The van der Waals surface area contributed by atoms with Crippen molar-refractivity contribution in [2.45, 2.75) is 6.54 Å². The number of carbonyl (C=O) groups is 1. The number of fused-ring (bicyclic) bond motifs is 2. The van der Waals surface area contributed by atoms with Crippen molar-refractivity contribution in [3.63, 3.8) is 0 Å². The van der Waals surface area contributed by atoms with E-state index in [1.165, 1.54) is 10.3 Å². The topological polar surface area (TPSA) is 42.0 Å². The third-order valence-corrected chi connectivity index (χ3v) is 6.10. The standard InChI is InChI=1S/C21H20N2O3S/c24-21(17-2-4-20-16(12-17)5-10-27-20)23-8-6-22(7-9-23)13-15-1-3-18-19(11-15)26-14-25-18/h1-5,10-12H,6-9,13-14H2. The van der Waals surface area contributed by atoms with E-state index in [2.05, 4.69) is 28.5 Å². The van der Waals surface area contributed by atoms with Crippen molar-refractivity contribution in [2.24, 2.45) is 0 Å². The van der Waals surface area contributed by atoms with Crippen LogP contribution >= 0.6 is 11.3 Å². The van der Waals surface area contributed by atoms with Crippen molar-refractivity contribution in [3.8, 4) is 11.5 Å². The molecule has 0 aliphatic carbocycles. The molecule has 27 heavy (non-hydrogen) atoms. The molecule has 2 aliphatic heterocycles. The number of nitrogens with zero attached hydrogens (tertiary/aromatic N) is 2. The Labute approximate surface area is 161 Å². The third kappa shape index (κ3) is 3.26. The molecular weight excluding hydrogens is 360 g/mol. The molecule has 1 fully saturated rings. The summed E-state index contributed by atoms with van der Waals surface area (Å²) in [5.41, 5.74) is 1.99. The lowest BCUT2D eigenvalue weighted by Gasteiger charge is -2.34. The van der Waals surface area contributed by atoms with E-state index in [0.717, 1.165) is 55.2 Å². The Bertz CT molecular complexity index is 992. The van der Waals surface area contributed by atoms with Gasteiger partial charge in [0.25, 0.3) is 5.91 Å². The SMILES string of the molecule is O=C(c1ccc2sccc2c1)N1CCN(Cc2ccc3c(c2)OCO3)CC1. The Morgan fingerprint density at radius 2 is 1.81 bits per heavy atom. The number of carbonyl (C=O) groups excluding carboxylic acids is 1. The van der Waals surface area contributed by atoms with Crippen molar-refractivity contribution in [2.75, 3.05) is 33.0 Å². The van der Waals surface area contributed by atoms with Crippen molar-refractivity contribution in [3.05, 3.63) is 59.0 Å². The van der Waals surface area contributed by atoms with Crippen LogP contribution in [0.5, 0.6) is 11.5 Å². The second-order valence-corrected chi connectivity index (χ2v) is 7.88. The fourth-order valence-corrected chi connectivity index (χ4v) is 4.46. The molecule has 0 unspecified atom stereocenters. The van der Waals surface area contributed by atoms with Gasteiger partial charge in [0.05, 0.1) is 0 Å². The Balaban J connectivity index is 1.21. The Morgan fingerprint density at radius 3 is 2.70 bits per heavy atom. The van der Waals surface area contributed by atoms with Crippen LogP contribution < -0.4 is 9.47 Å². The number of benzene rings is 2. The summed E-state index contributed by atoms with van der Waals surface area (Å²) in [6.07, 6.45) is 0. The van der Waals surface area contributed by atoms with Gasteiger partial charge in [0.2, 0.25) is 6.79 Å². The molecule has 3 heterocycles. The number of rotatable bonds is 3. The molecule has 138 valence electrons. The first-order valence-electron chi connectivity index (χ1n) is 9.14. The molecule has 0 radical (unpaired) electrons. The summed E-state index contributed by atoms with van der Waals surface area (Å²) < 4.78 is 12.0. The normalized spacial score (nSPS) is 16.8. The summed E-state index contributed by atoms with van der Waals surface area (Å²) in [6.45, 7) is 4.42. The zero-order chi connectivity index (χ0) is 18.2. The van der Waals surface area contributed by atoms with E-state index in [0.29, 0.717) is 6.79 Å². The van der Waals surface area contributed by atoms with E-state index in [-0.39, 0.29) is 5.91 Å². The van der Waals surface area contributed by atoms with E-state index in [4.69, 9.17) is 9.47 Å². The van der Waals surface area contributed by atoms with Crippen molar-refractivity contribution < 1.29 is 14.3 Å². The van der Waals surface area contributed by atoms with Crippen LogP contribution in [0, 0.1) is 0 Å². The maximum atomic E-state index is 12.8. The lowest BCUT2D eigenvalue weighted by Crippen LogP contribution is -2.48. The number of thiophene rings is 1. The molecule has 1 saturated heterocycles. The van der Waals surface area contributed by atoms with Gasteiger partial charge in [-0.05, 0) is 52.7 Å². The molecule has 2 aliphatic rings. The molecule has 0 atom stereocenters. The van der Waals surface area contributed by atoms with Crippen molar-refractivity contribution in [1.82, 2.24) is 9.80 Å². The van der Waals surface area contributed by atoms with Crippen LogP contribution in [0.3, 0.4) is 0 Å². The van der Waals surface area contributed by atoms with Crippen LogP contribution in [0.2, 0.25) is 0 Å². The van der Waals surface area contributed by atoms with Gasteiger partial charge in [0.15, 0.2) is 11.5 Å². The van der Waals surface area contributed by atoms with Crippen LogP contribution in [-0.2, 0) is 6.54 Å². The molecule has 0 saturated carbocycles. The first-order chi connectivity index (χ1) is 13.3. The van der Waals surface area contributed by atoms with Gasteiger partial charge in [-0.2, -0.15) is 0 Å². The molecule has 2 aromatic carbocycles. The quantitative estimate of drug-likeness (QED) is 0.696. The van der Waals surface area contributed by atoms with E-state index < -0.39 is 0 Å². The monoisotopic (exact) mass is 380 g/mol. The van der Waals surface area contributed by atoms with Gasteiger partial charge >= 0.3 is 0 Å². The molecule has 1 amide bonds. The number of amides is 1. The Morgan fingerprint density at radius 1 is 0.963 bits per heavy atom. The number of ether oxygens (including phenoxy) is 2. The summed E-state index contributed by atoms with van der Waals surface area (Å²) in [5, 5.41) is 3.21. The predicted molar refractivity (Wildman–Crippen MR) is 106 cm³/mol.